The minimum absolute atomic E-state index is 0.00699. The number of carbonyl (C=O) groups excluding carboxylic acids is 1. The van der Waals surface area contributed by atoms with E-state index in [0.29, 0.717) is 5.56 Å². The summed E-state index contributed by atoms with van der Waals surface area (Å²) in [5.41, 5.74) is -0.347. The monoisotopic (exact) mass is 406 g/mol. The summed E-state index contributed by atoms with van der Waals surface area (Å²) in [5.74, 6) is -2.11. The van der Waals surface area contributed by atoms with Crippen LogP contribution in [0.2, 0.25) is 0 Å². The van der Waals surface area contributed by atoms with Gasteiger partial charge in [0.2, 0.25) is 5.91 Å². The van der Waals surface area contributed by atoms with E-state index >= 15 is 0 Å². The zero-order valence-electron chi connectivity index (χ0n) is 15.1. The van der Waals surface area contributed by atoms with E-state index in [4.69, 9.17) is 9.84 Å². The Hall–Kier alpha value is -3.54. The van der Waals surface area contributed by atoms with Gasteiger partial charge in [0.05, 0.1) is 24.0 Å². The van der Waals surface area contributed by atoms with Gasteiger partial charge in [-0.25, -0.2) is 0 Å². The van der Waals surface area contributed by atoms with Crippen molar-refractivity contribution >= 4 is 11.9 Å². The standard InChI is InChI=1S/C20H17F3N2O4/c21-20(22,23)15-4-2-6-17(10-15)29-16-5-1-3-13(9-16)14(11-24)12-25-18(26)7-8-19(27)28/h1-6,9-10,14H,7-8,12H2,(H,25,26)(H,27,28). The van der Waals surface area contributed by atoms with Gasteiger partial charge in [-0.2, -0.15) is 18.4 Å². The van der Waals surface area contributed by atoms with Gasteiger partial charge in [-0.3, -0.25) is 9.59 Å². The maximum Gasteiger partial charge on any atom is 0.416 e. The van der Waals surface area contributed by atoms with Crippen LogP contribution in [0.1, 0.15) is 29.9 Å². The molecule has 0 fully saturated rings. The van der Waals surface area contributed by atoms with Crippen LogP contribution in [0, 0.1) is 11.3 Å². The Bertz CT molecular complexity index is 922. The lowest BCUT2D eigenvalue weighted by Gasteiger charge is -2.13. The molecule has 0 saturated carbocycles. The zero-order chi connectivity index (χ0) is 21.4. The van der Waals surface area contributed by atoms with Gasteiger partial charge >= 0.3 is 12.1 Å². The van der Waals surface area contributed by atoms with Crippen LogP contribution in [0.15, 0.2) is 48.5 Å². The van der Waals surface area contributed by atoms with E-state index < -0.39 is 29.5 Å². The lowest BCUT2D eigenvalue weighted by molar-refractivity contribution is -0.139. The number of benzene rings is 2. The number of alkyl halides is 3. The Kier molecular flexibility index (Phi) is 7.20. The average Bonchev–Trinajstić information content (AvgIpc) is 2.67. The van der Waals surface area contributed by atoms with Crippen molar-refractivity contribution in [1.29, 1.82) is 5.26 Å². The molecule has 1 unspecified atom stereocenters. The van der Waals surface area contributed by atoms with Crippen molar-refractivity contribution in [2.24, 2.45) is 0 Å². The van der Waals surface area contributed by atoms with E-state index in [1.807, 2.05) is 6.07 Å². The highest BCUT2D eigenvalue weighted by molar-refractivity contribution is 5.80. The van der Waals surface area contributed by atoms with Gasteiger partial charge in [0, 0.05) is 13.0 Å². The van der Waals surface area contributed by atoms with E-state index in [1.165, 1.54) is 24.3 Å². The summed E-state index contributed by atoms with van der Waals surface area (Å²) in [5, 5.41) is 20.4. The van der Waals surface area contributed by atoms with Gasteiger partial charge in [0.1, 0.15) is 11.5 Å². The highest BCUT2D eigenvalue weighted by atomic mass is 19.4. The number of hydrogen-bond donors (Lipinski definition) is 2. The number of nitrogens with zero attached hydrogens (tertiary/aromatic N) is 1. The van der Waals surface area contributed by atoms with Gasteiger partial charge in [-0.05, 0) is 35.9 Å². The second-order valence-corrected chi connectivity index (χ2v) is 6.08. The highest BCUT2D eigenvalue weighted by Gasteiger charge is 2.30. The van der Waals surface area contributed by atoms with Crippen LogP contribution in [0.25, 0.3) is 0 Å². The minimum Gasteiger partial charge on any atom is -0.481 e. The van der Waals surface area contributed by atoms with Gasteiger partial charge in [0.15, 0.2) is 0 Å². The predicted octanol–water partition coefficient (Wildman–Crippen LogP) is 4.09. The van der Waals surface area contributed by atoms with Crippen molar-refractivity contribution in [3.8, 4) is 17.6 Å². The Labute approximate surface area is 164 Å². The van der Waals surface area contributed by atoms with Crippen molar-refractivity contribution in [3.63, 3.8) is 0 Å². The predicted molar refractivity (Wildman–Crippen MR) is 96.2 cm³/mol. The highest BCUT2D eigenvalue weighted by Crippen LogP contribution is 2.33. The molecular weight excluding hydrogens is 389 g/mol. The van der Waals surface area contributed by atoms with Gasteiger partial charge in [-0.1, -0.05) is 18.2 Å². The number of carboxylic acid groups (broad SMARTS) is 1. The molecule has 29 heavy (non-hydrogen) atoms. The number of carboxylic acids is 1. The lowest BCUT2D eigenvalue weighted by atomic mass is 10.0. The summed E-state index contributed by atoms with van der Waals surface area (Å²) >= 11 is 0. The van der Waals surface area contributed by atoms with Crippen molar-refractivity contribution in [1.82, 2.24) is 5.32 Å². The fraction of sp³-hybridized carbons (Fsp3) is 0.250. The molecule has 9 heteroatoms. The smallest absolute Gasteiger partial charge is 0.416 e. The summed E-state index contributed by atoms with van der Waals surface area (Å²) in [6.45, 7) is -0.0397. The van der Waals surface area contributed by atoms with Crippen LogP contribution in [0.3, 0.4) is 0 Å². The van der Waals surface area contributed by atoms with Crippen LogP contribution >= 0.6 is 0 Å². The van der Waals surface area contributed by atoms with E-state index in [-0.39, 0.29) is 30.9 Å². The molecule has 1 atom stereocenters. The molecule has 0 aliphatic carbocycles. The summed E-state index contributed by atoms with van der Waals surface area (Å²) in [6.07, 6.45) is -5.01. The number of ether oxygens (including phenoxy) is 1. The van der Waals surface area contributed by atoms with Crippen molar-refractivity contribution in [3.05, 3.63) is 59.7 Å². The van der Waals surface area contributed by atoms with E-state index in [0.717, 1.165) is 12.1 Å². The number of hydrogen-bond acceptors (Lipinski definition) is 4. The first-order chi connectivity index (χ1) is 13.7. The summed E-state index contributed by atoms with van der Waals surface area (Å²) < 4.78 is 43.9. The number of carbonyl (C=O) groups is 2. The second-order valence-electron chi connectivity index (χ2n) is 6.08. The van der Waals surface area contributed by atoms with E-state index in [9.17, 15) is 28.0 Å². The summed E-state index contributed by atoms with van der Waals surface area (Å²) in [6, 6.07) is 12.7. The molecule has 2 aromatic carbocycles. The first-order valence-corrected chi connectivity index (χ1v) is 8.52. The minimum atomic E-state index is -4.49. The third kappa shape index (κ3) is 6.84. The molecule has 1 amide bonds. The number of aliphatic carboxylic acids is 1. The number of nitrogens with one attached hydrogen (secondary N) is 1. The van der Waals surface area contributed by atoms with Gasteiger partial charge < -0.3 is 15.2 Å². The SMILES string of the molecule is N#CC(CNC(=O)CCC(=O)O)c1cccc(Oc2cccc(C(F)(F)F)c2)c1. The maximum atomic E-state index is 12.8. The van der Waals surface area contributed by atoms with Crippen LogP contribution in [0.5, 0.6) is 11.5 Å². The van der Waals surface area contributed by atoms with Crippen LogP contribution in [-0.4, -0.2) is 23.5 Å². The Morgan fingerprint density at radius 1 is 1.10 bits per heavy atom. The molecule has 0 heterocycles. The first-order valence-electron chi connectivity index (χ1n) is 8.52. The molecule has 2 N–H and O–H groups in total. The fourth-order valence-electron chi connectivity index (χ4n) is 2.43. The van der Waals surface area contributed by atoms with Crippen molar-refractivity contribution in [2.75, 3.05) is 6.54 Å². The van der Waals surface area contributed by atoms with Crippen molar-refractivity contribution in [2.45, 2.75) is 24.9 Å². The Morgan fingerprint density at radius 2 is 1.76 bits per heavy atom. The number of amides is 1. The van der Waals surface area contributed by atoms with Crippen LogP contribution in [-0.2, 0) is 15.8 Å². The molecular formula is C20H17F3N2O4. The van der Waals surface area contributed by atoms with Crippen LogP contribution in [0.4, 0.5) is 13.2 Å². The number of halogens is 3. The molecule has 0 aromatic heterocycles. The lowest BCUT2D eigenvalue weighted by Crippen LogP contribution is -2.28. The largest absolute Gasteiger partial charge is 0.481 e. The Balaban J connectivity index is 2.07. The molecule has 2 aromatic rings. The zero-order valence-corrected chi connectivity index (χ0v) is 15.1. The maximum absolute atomic E-state index is 12.8. The molecule has 0 aliphatic heterocycles. The average molecular weight is 406 g/mol. The normalized spacial score (nSPS) is 11.9. The van der Waals surface area contributed by atoms with Crippen molar-refractivity contribution < 1.29 is 32.6 Å². The summed E-state index contributed by atoms with van der Waals surface area (Å²) in [4.78, 5) is 22.1. The molecule has 0 spiro atoms. The van der Waals surface area contributed by atoms with E-state index in [1.54, 1.807) is 12.1 Å². The molecule has 0 saturated heterocycles. The van der Waals surface area contributed by atoms with Gasteiger partial charge in [-0.15, -0.1) is 0 Å². The third-order valence-electron chi connectivity index (χ3n) is 3.88. The molecule has 0 radical (unpaired) electrons. The van der Waals surface area contributed by atoms with Gasteiger partial charge in [0.25, 0.3) is 0 Å². The Morgan fingerprint density at radius 3 is 2.38 bits per heavy atom. The molecule has 152 valence electrons. The number of rotatable bonds is 8. The molecule has 6 nitrogen and oxygen atoms in total. The third-order valence-corrected chi connectivity index (χ3v) is 3.88. The molecule has 0 aliphatic rings. The quantitative estimate of drug-likeness (QED) is 0.688. The number of nitriles is 1. The van der Waals surface area contributed by atoms with Crippen LogP contribution < -0.4 is 10.1 Å². The molecule has 2 rings (SSSR count). The first kappa shape index (κ1) is 21.8. The fourth-order valence-corrected chi connectivity index (χ4v) is 2.43. The topological polar surface area (TPSA) is 99.4 Å². The summed E-state index contributed by atoms with van der Waals surface area (Å²) in [7, 11) is 0. The van der Waals surface area contributed by atoms with E-state index in [2.05, 4.69) is 5.32 Å². The second kappa shape index (κ2) is 9.59. The molecule has 0 bridgehead atoms.